The van der Waals surface area contributed by atoms with Crippen LogP contribution < -0.4 is 9.22 Å². The van der Waals surface area contributed by atoms with Crippen LogP contribution in [0.15, 0.2) is 72.8 Å². The van der Waals surface area contributed by atoms with Crippen LogP contribution in [0.4, 0.5) is 0 Å². The Labute approximate surface area is 157 Å². The van der Waals surface area contributed by atoms with E-state index in [1.807, 2.05) is 72.8 Å². The van der Waals surface area contributed by atoms with Gasteiger partial charge in [-0.2, -0.15) is 0 Å². The van der Waals surface area contributed by atoms with E-state index in [9.17, 15) is 0 Å². The van der Waals surface area contributed by atoms with Crippen molar-refractivity contribution in [2.45, 2.75) is 20.8 Å². The van der Waals surface area contributed by atoms with Crippen molar-refractivity contribution in [2.75, 3.05) is 0 Å². The van der Waals surface area contributed by atoms with Crippen LogP contribution in [-0.2, 0) is 0 Å². The van der Waals surface area contributed by atoms with E-state index in [4.69, 9.17) is 9.22 Å². The molecule has 0 saturated carbocycles. The molecule has 3 rings (SSSR count). The average Bonchev–Trinajstić information content (AvgIpc) is 2.61. The van der Waals surface area contributed by atoms with E-state index in [1.54, 1.807) is 0 Å². The first kappa shape index (κ1) is 17.7. The standard InChI is InChI=1S/3C7H8O.Sn.H/c3*1-6-2-4-7(8)5-3-6;;/h3*2-5,8H,1H3;;/q;;;+3;/p-3. The molecule has 25 heavy (non-hydrogen) atoms. The summed E-state index contributed by atoms with van der Waals surface area (Å²) in [5.41, 5.74) is 3.58. The summed E-state index contributed by atoms with van der Waals surface area (Å²) in [4.78, 5) is 0. The molecule has 3 nitrogen and oxygen atoms in total. The molecule has 0 N–H and O–H groups in total. The molecule has 3 aromatic carbocycles. The molecule has 0 aliphatic rings. The van der Waals surface area contributed by atoms with Crippen molar-refractivity contribution in [3.05, 3.63) is 89.5 Å². The normalized spacial score (nSPS) is 10.6. The SMILES string of the molecule is Cc1ccc([O][SnH]([O]c2ccc(C)cc2)[O]c2ccc(C)cc2)cc1. The summed E-state index contributed by atoms with van der Waals surface area (Å²) in [6, 6.07) is 23.9. The molecule has 4 heteroatoms. The van der Waals surface area contributed by atoms with Crippen LogP contribution in [0.2, 0.25) is 0 Å². The van der Waals surface area contributed by atoms with E-state index in [2.05, 4.69) is 20.8 Å². The van der Waals surface area contributed by atoms with E-state index in [-0.39, 0.29) is 0 Å². The predicted octanol–water partition coefficient (Wildman–Crippen LogP) is 4.87. The van der Waals surface area contributed by atoms with Crippen molar-refractivity contribution >= 4 is 21.0 Å². The maximum atomic E-state index is 6.10. The van der Waals surface area contributed by atoms with Crippen molar-refractivity contribution in [3.8, 4) is 17.2 Å². The molecule has 0 saturated heterocycles. The molecular formula is C21H22O3Sn. The second-order valence-electron chi connectivity index (χ2n) is 6.08. The molecule has 0 aliphatic heterocycles. The fourth-order valence-electron chi connectivity index (χ4n) is 2.26. The molecule has 0 bridgehead atoms. The number of hydrogen-bond donors (Lipinski definition) is 0. The van der Waals surface area contributed by atoms with E-state index < -0.39 is 21.0 Å². The van der Waals surface area contributed by atoms with Crippen LogP contribution in [0.1, 0.15) is 16.7 Å². The van der Waals surface area contributed by atoms with Crippen LogP contribution in [0, 0.1) is 20.8 Å². The van der Waals surface area contributed by atoms with Crippen molar-refractivity contribution in [2.24, 2.45) is 0 Å². The monoisotopic (exact) mass is 442 g/mol. The van der Waals surface area contributed by atoms with Gasteiger partial charge in [-0.25, -0.2) is 0 Å². The van der Waals surface area contributed by atoms with E-state index in [1.165, 1.54) is 16.7 Å². The Bertz CT molecular complexity index is 683. The van der Waals surface area contributed by atoms with Gasteiger partial charge in [0.05, 0.1) is 0 Å². The number of rotatable bonds is 6. The Kier molecular flexibility index (Phi) is 5.86. The summed E-state index contributed by atoms with van der Waals surface area (Å²) < 4.78 is 18.3. The molecule has 0 fully saturated rings. The zero-order valence-corrected chi connectivity index (χ0v) is 18.0. The molecule has 0 spiro atoms. The summed E-state index contributed by atoms with van der Waals surface area (Å²) >= 11 is -3.27. The average molecular weight is 441 g/mol. The van der Waals surface area contributed by atoms with Crippen LogP contribution in [0.3, 0.4) is 0 Å². The molecule has 3 aromatic rings. The van der Waals surface area contributed by atoms with E-state index in [0.29, 0.717) is 0 Å². The predicted molar refractivity (Wildman–Crippen MR) is 103 cm³/mol. The van der Waals surface area contributed by atoms with E-state index in [0.717, 1.165) is 17.2 Å². The topological polar surface area (TPSA) is 27.7 Å². The first-order valence-electron chi connectivity index (χ1n) is 8.28. The van der Waals surface area contributed by atoms with Gasteiger partial charge >= 0.3 is 158 Å². The molecule has 0 amide bonds. The molecule has 0 heterocycles. The molecule has 0 aromatic heterocycles. The van der Waals surface area contributed by atoms with Crippen LogP contribution >= 0.6 is 0 Å². The third kappa shape index (κ3) is 5.43. The Morgan fingerprint density at radius 2 is 0.680 bits per heavy atom. The van der Waals surface area contributed by atoms with Gasteiger partial charge in [-0.05, 0) is 0 Å². The van der Waals surface area contributed by atoms with Crippen molar-refractivity contribution < 1.29 is 9.22 Å². The summed E-state index contributed by atoms with van der Waals surface area (Å²) in [7, 11) is 0. The molecule has 0 aliphatic carbocycles. The Balaban J connectivity index is 1.77. The zero-order valence-electron chi connectivity index (χ0n) is 14.7. The van der Waals surface area contributed by atoms with Gasteiger partial charge < -0.3 is 0 Å². The first-order valence-corrected chi connectivity index (χ1v) is 12.3. The summed E-state index contributed by atoms with van der Waals surface area (Å²) in [6.45, 7) is 6.16. The van der Waals surface area contributed by atoms with Gasteiger partial charge in [0.2, 0.25) is 0 Å². The minimum absolute atomic E-state index is 0.783. The van der Waals surface area contributed by atoms with Crippen LogP contribution in [0.25, 0.3) is 0 Å². The first-order chi connectivity index (χ1) is 12.1. The van der Waals surface area contributed by atoms with Gasteiger partial charge in [-0.15, -0.1) is 0 Å². The Morgan fingerprint density at radius 3 is 0.920 bits per heavy atom. The van der Waals surface area contributed by atoms with E-state index >= 15 is 0 Å². The molecule has 0 radical (unpaired) electrons. The summed E-state index contributed by atoms with van der Waals surface area (Å²) in [5.74, 6) is 2.35. The second kappa shape index (κ2) is 8.30. The van der Waals surface area contributed by atoms with Gasteiger partial charge in [0.1, 0.15) is 0 Å². The fraction of sp³-hybridized carbons (Fsp3) is 0.143. The minimum atomic E-state index is -3.27. The quantitative estimate of drug-likeness (QED) is 0.512. The van der Waals surface area contributed by atoms with Crippen molar-refractivity contribution in [3.63, 3.8) is 0 Å². The van der Waals surface area contributed by atoms with Gasteiger partial charge in [0.15, 0.2) is 0 Å². The third-order valence-corrected chi connectivity index (χ3v) is 7.74. The number of hydrogen-bond acceptors (Lipinski definition) is 3. The Morgan fingerprint density at radius 1 is 0.440 bits per heavy atom. The van der Waals surface area contributed by atoms with Gasteiger partial charge in [0, 0.05) is 0 Å². The Hall–Kier alpha value is -2.14. The molecule has 128 valence electrons. The van der Waals surface area contributed by atoms with Gasteiger partial charge in [-0.1, -0.05) is 0 Å². The third-order valence-electron chi connectivity index (χ3n) is 3.76. The maximum absolute atomic E-state index is 6.10. The summed E-state index contributed by atoms with van der Waals surface area (Å²) in [6.07, 6.45) is 0. The molecule has 0 atom stereocenters. The molecule has 0 unspecified atom stereocenters. The fourth-order valence-corrected chi connectivity index (χ4v) is 5.92. The number of benzene rings is 3. The molecular weight excluding hydrogens is 419 g/mol. The van der Waals surface area contributed by atoms with Gasteiger partial charge in [-0.3, -0.25) is 0 Å². The van der Waals surface area contributed by atoms with Crippen molar-refractivity contribution in [1.29, 1.82) is 0 Å². The number of aryl methyl sites for hydroxylation is 3. The van der Waals surface area contributed by atoms with Gasteiger partial charge in [0.25, 0.3) is 0 Å². The second-order valence-corrected chi connectivity index (χ2v) is 9.75. The van der Waals surface area contributed by atoms with Crippen LogP contribution in [-0.4, -0.2) is 21.0 Å². The van der Waals surface area contributed by atoms with Crippen LogP contribution in [0.5, 0.6) is 17.2 Å². The van der Waals surface area contributed by atoms with Crippen molar-refractivity contribution in [1.82, 2.24) is 0 Å². The zero-order chi connectivity index (χ0) is 17.6. The summed E-state index contributed by atoms with van der Waals surface area (Å²) in [5, 5.41) is 0.